The summed E-state index contributed by atoms with van der Waals surface area (Å²) in [7, 11) is 0. The summed E-state index contributed by atoms with van der Waals surface area (Å²) < 4.78 is 26.2. The lowest BCUT2D eigenvalue weighted by molar-refractivity contribution is 0.429. The van der Waals surface area contributed by atoms with Crippen LogP contribution < -0.4 is 0 Å². The molecule has 0 aliphatic heterocycles. The van der Waals surface area contributed by atoms with Crippen LogP contribution in [0.15, 0.2) is 36.4 Å². The van der Waals surface area contributed by atoms with Gasteiger partial charge in [0.15, 0.2) is 0 Å². The van der Waals surface area contributed by atoms with E-state index in [-0.39, 0.29) is 0 Å². The maximum atomic E-state index is 13.4. The molecule has 0 spiro atoms. The third-order valence-electron chi connectivity index (χ3n) is 3.78. The normalized spacial score (nSPS) is 23.8. The first-order valence-corrected chi connectivity index (χ1v) is 8.30. The Balaban J connectivity index is 1.85. The zero-order valence-electron chi connectivity index (χ0n) is 11.7. The summed E-state index contributed by atoms with van der Waals surface area (Å²) in [5.74, 6) is -0.419. The maximum Gasteiger partial charge on any atom is 0.133 e. The van der Waals surface area contributed by atoms with Gasteiger partial charge in [0, 0.05) is 16.9 Å². The number of thioether (sulfide) groups is 1. The minimum atomic E-state index is -0.541. The summed E-state index contributed by atoms with van der Waals surface area (Å²) in [6.07, 6.45) is 14.9. The molecule has 1 aromatic carbocycles. The van der Waals surface area contributed by atoms with Gasteiger partial charge in [-0.2, -0.15) is 11.8 Å². The van der Waals surface area contributed by atoms with E-state index in [1.165, 1.54) is 37.8 Å². The summed E-state index contributed by atoms with van der Waals surface area (Å²) in [5, 5.41) is 0.823. The Kier molecular flexibility index (Phi) is 5.84. The van der Waals surface area contributed by atoms with E-state index in [9.17, 15) is 8.78 Å². The van der Waals surface area contributed by atoms with E-state index < -0.39 is 11.6 Å². The Bertz CT molecular complexity index is 486. The maximum absolute atomic E-state index is 13.4. The molecule has 0 nitrogen and oxygen atoms in total. The van der Waals surface area contributed by atoms with E-state index in [0.717, 1.165) is 11.3 Å². The first kappa shape index (κ1) is 15.3. The second-order valence-electron chi connectivity index (χ2n) is 5.18. The molecule has 2 rings (SSSR count). The first-order chi connectivity index (χ1) is 9.69. The Labute approximate surface area is 124 Å². The third kappa shape index (κ3) is 4.48. The van der Waals surface area contributed by atoms with Crippen LogP contribution in [-0.4, -0.2) is 11.5 Å². The Morgan fingerprint density at radius 3 is 2.50 bits per heavy atom. The van der Waals surface area contributed by atoms with Crippen molar-refractivity contribution in [1.29, 1.82) is 0 Å². The van der Waals surface area contributed by atoms with Crippen molar-refractivity contribution in [2.45, 2.75) is 30.9 Å². The summed E-state index contributed by atoms with van der Waals surface area (Å²) >= 11 is 1.97. The van der Waals surface area contributed by atoms with Crippen LogP contribution in [0.25, 0.3) is 6.08 Å². The molecule has 20 heavy (non-hydrogen) atoms. The summed E-state index contributed by atoms with van der Waals surface area (Å²) in [5.41, 5.74) is 0.419. The highest BCUT2D eigenvalue weighted by molar-refractivity contribution is 7.99. The average molecular weight is 294 g/mol. The molecule has 0 heterocycles. The number of rotatable bonds is 4. The number of benzene rings is 1. The van der Waals surface area contributed by atoms with Gasteiger partial charge in [-0.1, -0.05) is 24.3 Å². The minimum Gasteiger partial charge on any atom is -0.207 e. The van der Waals surface area contributed by atoms with Crippen molar-refractivity contribution in [1.82, 2.24) is 0 Å². The molecule has 1 saturated carbocycles. The molecule has 108 valence electrons. The van der Waals surface area contributed by atoms with Gasteiger partial charge in [0.2, 0.25) is 0 Å². The Morgan fingerprint density at radius 2 is 1.85 bits per heavy atom. The Hall–Kier alpha value is -1.09. The predicted octanol–water partition coefficient (Wildman–Crippen LogP) is 5.46. The fraction of sp³-hybridized carbons (Fsp3) is 0.412. The van der Waals surface area contributed by atoms with Gasteiger partial charge in [0.25, 0.3) is 0 Å². The second kappa shape index (κ2) is 7.63. The molecule has 0 saturated heterocycles. The van der Waals surface area contributed by atoms with Crippen molar-refractivity contribution >= 4 is 17.8 Å². The van der Waals surface area contributed by atoms with Gasteiger partial charge in [0.1, 0.15) is 11.6 Å². The minimum absolute atomic E-state index is 0.419. The van der Waals surface area contributed by atoms with Gasteiger partial charge >= 0.3 is 0 Å². The van der Waals surface area contributed by atoms with Crippen LogP contribution in [0.5, 0.6) is 0 Å². The number of halogens is 2. The lowest BCUT2D eigenvalue weighted by atomic mass is 9.88. The monoisotopic (exact) mass is 294 g/mol. The van der Waals surface area contributed by atoms with Gasteiger partial charge in [-0.3, -0.25) is 0 Å². The lowest BCUT2D eigenvalue weighted by Crippen LogP contribution is -2.14. The molecule has 0 radical (unpaired) electrons. The molecule has 0 N–H and O–H groups in total. The molecule has 0 amide bonds. The van der Waals surface area contributed by atoms with Gasteiger partial charge < -0.3 is 0 Å². The smallest absolute Gasteiger partial charge is 0.133 e. The molecule has 0 bridgehead atoms. The largest absolute Gasteiger partial charge is 0.207 e. The van der Waals surface area contributed by atoms with E-state index in [1.807, 2.05) is 23.9 Å². The van der Waals surface area contributed by atoms with E-state index >= 15 is 0 Å². The lowest BCUT2D eigenvalue weighted by Gasteiger charge is -2.25. The van der Waals surface area contributed by atoms with Crippen LogP contribution in [0.2, 0.25) is 0 Å². The molecule has 1 aliphatic carbocycles. The molecule has 0 atom stereocenters. The van der Waals surface area contributed by atoms with Gasteiger partial charge in [0.05, 0.1) is 0 Å². The fourth-order valence-corrected chi connectivity index (χ4v) is 3.28. The fourth-order valence-electron chi connectivity index (χ4n) is 2.53. The molecular weight excluding hydrogens is 274 g/mol. The molecule has 1 aliphatic rings. The quantitative estimate of drug-likeness (QED) is 0.665. The van der Waals surface area contributed by atoms with Crippen LogP contribution in [0.3, 0.4) is 0 Å². The van der Waals surface area contributed by atoms with Crippen LogP contribution in [0.4, 0.5) is 8.78 Å². The first-order valence-electron chi connectivity index (χ1n) is 7.01. The molecule has 3 heteroatoms. The highest BCUT2D eigenvalue weighted by atomic mass is 32.2. The van der Waals surface area contributed by atoms with Crippen molar-refractivity contribution < 1.29 is 8.78 Å². The van der Waals surface area contributed by atoms with Gasteiger partial charge in [-0.05, 0) is 50.0 Å². The zero-order valence-corrected chi connectivity index (χ0v) is 12.5. The van der Waals surface area contributed by atoms with Gasteiger partial charge in [-0.25, -0.2) is 8.78 Å². The van der Waals surface area contributed by atoms with Crippen molar-refractivity contribution in [2.75, 3.05) is 6.26 Å². The van der Waals surface area contributed by atoms with Gasteiger partial charge in [-0.15, -0.1) is 0 Å². The molecule has 0 aromatic heterocycles. The zero-order chi connectivity index (χ0) is 14.4. The number of allylic oxidation sites excluding steroid dienone is 3. The molecule has 1 aromatic rings. The number of hydrogen-bond donors (Lipinski definition) is 0. The van der Waals surface area contributed by atoms with E-state index in [2.05, 4.69) is 12.3 Å². The second-order valence-corrected chi connectivity index (χ2v) is 6.32. The SMILES string of the molecule is CSC1CCC(/C=C/C=C/c2ccc(F)cc2F)CC1. The molecule has 1 fully saturated rings. The molecule has 0 unspecified atom stereocenters. The van der Waals surface area contributed by atoms with Crippen molar-refractivity contribution in [3.05, 3.63) is 53.6 Å². The number of hydrogen-bond acceptors (Lipinski definition) is 1. The highest BCUT2D eigenvalue weighted by Crippen LogP contribution is 2.31. The van der Waals surface area contributed by atoms with Crippen LogP contribution in [0.1, 0.15) is 31.2 Å². The molecular formula is C17H20F2S. The van der Waals surface area contributed by atoms with E-state index in [4.69, 9.17) is 0 Å². The highest BCUT2D eigenvalue weighted by Gasteiger charge is 2.17. The van der Waals surface area contributed by atoms with E-state index in [1.54, 1.807) is 6.08 Å². The topological polar surface area (TPSA) is 0 Å². The van der Waals surface area contributed by atoms with Crippen LogP contribution >= 0.6 is 11.8 Å². The standard InChI is InChI=1S/C17H20F2S/c1-20-16-10-6-13(7-11-16)4-2-3-5-14-8-9-15(18)12-17(14)19/h2-5,8-9,12-13,16H,6-7,10-11H2,1H3/b4-2+,5-3+. The van der Waals surface area contributed by atoms with Crippen LogP contribution in [-0.2, 0) is 0 Å². The van der Waals surface area contributed by atoms with Crippen LogP contribution in [0, 0.1) is 17.6 Å². The summed E-state index contributed by atoms with van der Waals surface area (Å²) in [6, 6.07) is 3.64. The summed E-state index contributed by atoms with van der Waals surface area (Å²) in [4.78, 5) is 0. The average Bonchev–Trinajstić information content (AvgIpc) is 2.46. The third-order valence-corrected chi connectivity index (χ3v) is 4.92. The van der Waals surface area contributed by atoms with E-state index in [0.29, 0.717) is 11.5 Å². The Morgan fingerprint density at radius 1 is 1.10 bits per heavy atom. The van der Waals surface area contributed by atoms with Crippen molar-refractivity contribution in [3.63, 3.8) is 0 Å². The predicted molar refractivity (Wildman–Crippen MR) is 83.8 cm³/mol. The van der Waals surface area contributed by atoms with Crippen molar-refractivity contribution in [2.24, 2.45) is 5.92 Å². The van der Waals surface area contributed by atoms with Crippen molar-refractivity contribution in [3.8, 4) is 0 Å². The summed E-state index contributed by atoms with van der Waals surface area (Å²) in [6.45, 7) is 0.